The van der Waals surface area contributed by atoms with E-state index < -0.39 is 29.5 Å². The van der Waals surface area contributed by atoms with Crippen LogP contribution < -0.4 is 18.9 Å². The number of benzene rings is 4. The first kappa shape index (κ1) is 57.2. The molecule has 9 rings (SSSR count). The van der Waals surface area contributed by atoms with Gasteiger partial charge in [-0.15, -0.1) is 0 Å². The highest BCUT2D eigenvalue weighted by atomic mass is 32.2. The van der Waals surface area contributed by atoms with E-state index in [1.54, 1.807) is 12.1 Å². The molecule has 4 aromatic carbocycles. The average Bonchev–Trinajstić information content (AvgIpc) is 4.32. The number of unbranched alkanes of at least 4 members (excludes halogenated alkanes) is 7. The third kappa shape index (κ3) is 15.5. The van der Waals surface area contributed by atoms with Crippen molar-refractivity contribution in [2.24, 2.45) is 0 Å². The summed E-state index contributed by atoms with van der Waals surface area (Å²) in [4.78, 5) is 18.4. The maximum absolute atomic E-state index is 11.9. The van der Waals surface area contributed by atoms with Gasteiger partial charge in [-0.2, -0.15) is 0 Å². The molecule has 14 nitrogen and oxygen atoms in total. The van der Waals surface area contributed by atoms with Crippen molar-refractivity contribution >= 4 is 75.9 Å². The molecule has 0 amide bonds. The first-order chi connectivity index (χ1) is 38.5. The van der Waals surface area contributed by atoms with Crippen molar-refractivity contribution in [1.82, 2.24) is 19.9 Å². The standard InChI is InChI=1S/C63H68N4O10S3/c1-5-6-7-8-9-10-11-12-37-74-48-21-13-44(14-22-48)60-52-29-31-54(64-52)61(45-15-23-49(24-16-45)75-38-41-78(2,68)69)56-33-35-58(66-56)63(47-19-27-51(28-20-47)77-40-43-80(4,72)73)59-36-34-57(67-59)62(55-32-30-53(60)65-55)46-17-25-50(26-18-46)76-39-42-79(3,70)71/h13-36,64-65H,5-12,37-43H2,1-4H3. The van der Waals surface area contributed by atoms with E-state index in [9.17, 15) is 25.3 Å². The van der Waals surface area contributed by atoms with Gasteiger partial charge in [-0.3, -0.25) is 0 Å². The van der Waals surface area contributed by atoms with Gasteiger partial charge in [0.05, 0.1) is 46.6 Å². The third-order valence-corrected chi connectivity index (χ3v) is 16.5. The number of ether oxygens (including phenoxy) is 4. The van der Waals surface area contributed by atoms with E-state index in [1.165, 1.54) is 57.3 Å². The molecule has 0 aliphatic carbocycles. The van der Waals surface area contributed by atoms with Crippen LogP contribution >= 0.6 is 0 Å². The molecule has 0 unspecified atom stereocenters. The van der Waals surface area contributed by atoms with E-state index in [0.717, 1.165) is 85.2 Å². The second-order valence-corrected chi connectivity index (χ2v) is 27.1. The summed E-state index contributed by atoms with van der Waals surface area (Å²) >= 11 is 0. The Balaban J connectivity index is 1.21. The summed E-state index contributed by atoms with van der Waals surface area (Å²) in [5.41, 5.74) is 12.5. The highest BCUT2D eigenvalue weighted by molar-refractivity contribution is 7.91. The second-order valence-electron chi connectivity index (χ2n) is 20.4. The van der Waals surface area contributed by atoms with Gasteiger partial charge in [0.2, 0.25) is 0 Å². The maximum Gasteiger partial charge on any atom is 0.150 e. The van der Waals surface area contributed by atoms with Crippen molar-refractivity contribution in [3.8, 4) is 67.5 Å². The number of sulfone groups is 3. The molecule has 2 N–H and O–H groups in total. The van der Waals surface area contributed by atoms with Gasteiger partial charge in [-0.25, -0.2) is 35.2 Å². The summed E-state index contributed by atoms with van der Waals surface area (Å²) in [6.45, 7) is 2.94. The molecule has 2 aliphatic heterocycles. The normalized spacial score (nSPS) is 12.4. The quantitative estimate of drug-likeness (QED) is 0.0488. The Morgan fingerprint density at radius 3 is 0.950 bits per heavy atom. The van der Waals surface area contributed by atoms with Crippen LogP contribution in [0.2, 0.25) is 0 Å². The Kier molecular flexibility index (Phi) is 18.4. The Hall–Kier alpha value is -7.47. The SMILES string of the molecule is CCCCCCCCCCOc1ccc(-c2c3ccc([nH]3)c(-c3ccc(OCCS(C)(=O)=O)cc3)c3nc(c(-c4ccc(OCCS(C)(=O)=O)cc4)c4nc(c(-c5ccc(OCCS(C)(=O)=O)cc5)c5ccc2[nH]5)C=C4)C=C3)cc1. The van der Waals surface area contributed by atoms with Crippen molar-refractivity contribution < 1.29 is 44.2 Å². The summed E-state index contributed by atoms with van der Waals surface area (Å²) in [6, 6.07) is 38.9. The smallest absolute Gasteiger partial charge is 0.150 e. The lowest BCUT2D eigenvalue weighted by atomic mass is 10.0. The van der Waals surface area contributed by atoms with Gasteiger partial charge < -0.3 is 28.9 Å². The van der Waals surface area contributed by atoms with Crippen LogP contribution in [0.25, 0.3) is 90.9 Å². The Morgan fingerprint density at radius 1 is 0.338 bits per heavy atom. The number of fused-ring (bicyclic) bond motifs is 8. The minimum Gasteiger partial charge on any atom is -0.494 e. The van der Waals surface area contributed by atoms with Crippen molar-refractivity contribution in [3.63, 3.8) is 0 Å². The minimum absolute atomic E-state index is 0.00978. The molecule has 5 heterocycles. The predicted molar refractivity (Wildman–Crippen MR) is 324 cm³/mol. The van der Waals surface area contributed by atoms with Crippen LogP contribution in [0.4, 0.5) is 0 Å². The van der Waals surface area contributed by atoms with E-state index in [1.807, 2.05) is 109 Å². The maximum atomic E-state index is 11.9. The summed E-state index contributed by atoms with van der Waals surface area (Å²) in [5, 5.41) is 0. The topological polar surface area (TPSA) is 197 Å². The Morgan fingerprint density at radius 2 is 0.613 bits per heavy atom. The predicted octanol–water partition coefficient (Wildman–Crippen LogP) is 13.1. The van der Waals surface area contributed by atoms with Crippen molar-refractivity contribution in [3.05, 3.63) is 144 Å². The molecule has 2 aliphatic rings. The van der Waals surface area contributed by atoms with Crippen LogP contribution in [-0.4, -0.2) is 108 Å². The van der Waals surface area contributed by atoms with Crippen molar-refractivity contribution in [2.45, 2.75) is 58.3 Å². The zero-order valence-corrected chi connectivity index (χ0v) is 48.1. The lowest BCUT2D eigenvalue weighted by Crippen LogP contribution is -2.11. The number of nitrogens with zero attached hydrogens (tertiary/aromatic N) is 2. The summed E-state index contributed by atoms with van der Waals surface area (Å²) < 4.78 is 95.3. The first-order valence-corrected chi connectivity index (χ1v) is 33.3. The summed E-state index contributed by atoms with van der Waals surface area (Å²) in [7, 11) is -9.67. The first-order valence-electron chi connectivity index (χ1n) is 27.1. The van der Waals surface area contributed by atoms with Crippen LogP contribution in [0.15, 0.2) is 121 Å². The lowest BCUT2D eigenvalue weighted by Gasteiger charge is -2.10. The fourth-order valence-electron chi connectivity index (χ4n) is 9.65. The molecule has 0 saturated carbocycles. The van der Waals surface area contributed by atoms with Crippen LogP contribution in [0.1, 0.15) is 81.1 Å². The molecule has 0 radical (unpaired) electrons. The van der Waals surface area contributed by atoms with E-state index in [4.69, 9.17) is 28.9 Å². The monoisotopic (exact) mass is 1140 g/mol. The van der Waals surface area contributed by atoms with E-state index >= 15 is 0 Å². The number of nitrogens with one attached hydrogen (secondary N) is 2. The van der Waals surface area contributed by atoms with Gasteiger partial charge in [0, 0.05) is 63.1 Å². The number of aromatic nitrogens is 4. The van der Waals surface area contributed by atoms with Crippen LogP contribution in [-0.2, 0) is 29.5 Å². The summed E-state index contributed by atoms with van der Waals surface area (Å²) in [6.07, 6.45) is 21.2. The zero-order chi connectivity index (χ0) is 56.3. The van der Waals surface area contributed by atoms with Crippen LogP contribution in [0.5, 0.6) is 23.0 Å². The highest BCUT2D eigenvalue weighted by Crippen LogP contribution is 2.40. The number of aromatic amines is 2. The minimum atomic E-state index is -3.23. The molecule has 7 aromatic rings. The molecule has 8 bridgehead atoms. The number of hydrogen-bond acceptors (Lipinski definition) is 12. The molecule has 80 heavy (non-hydrogen) atoms. The summed E-state index contributed by atoms with van der Waals surface area (Å²) in [5.74, 6) is 2.03. The fourth-order valence-corrected chi connectivity index (χ4v) is 10.8. The fraction of sp³-hybridized carbons (Fsp3) is 0.302. The molecular weight excluding hydrogens is 1070 g/mol. The molecule has 418 valence electrons. The molecule has 17 heteroatoms. The molecular formula is C63H68N4O10S3. The van der Waals surface area contributed by atoms with Gasteiger partial charge in [-0.05, 0) is 126 Å². The number of hydrogen-bond donors (Lipinski definition) is 2. The highest BCUT2D eigenvalue weighted by Gasteiger charge is 2.21. The molecule has 0 spiro atoms. The number of rotatable bonds is 26. The van der Waals surface area contributed by atoms with E-state index in [2.05, 4.69) is 41.2 Å². The van der Waals surface area contributed by atoms with E-state index in [-0.39, 0.29) is 37.1 Å². The molecule has 3 aromatic heterocycles. The Bertz CT molecular complexity index is 3710. The third-order valence-electron chi connectivity index (χ3n) is 13.8. The Labute approximate surface area is 469 Å². The van der Waals surface area contributed by atoms with Gasteiger partial charge in [-0.1, -0.05) is 100 Å². The lowest BCUT2D eigenvalue weighted by molar-refractivity contribution is 0.304. The van der Waals surface area contributed by atoms with Crippen LogP contribution in [0, 0.1) is 0 Å². The largest absolute Gasteiger partial charge is 0.494 e. The van der Waals surface area contributed by atoms with Gasteiger partial charge in [0.25, 0.3) is 0 Å². The molecule has 0 saturated heterocycles. The second kappa shape index (κ2) is 25.8. The molecule has 0 atom stereocenters. The van der Waals surface area contributed by atoms with E-state index in [0.29, 0.717) is 46.6 Å². The molecule has 0 fully saturated rings. The van der Waals surface area contributed by atoms with Gasteiger partial charge in [0.15, 0.2) is 29.5 Å². The van der Waals surface area contributed by atoms with Gasteiger partial charge >= 0.3 is 0 Å². The average molecular weight is 1140 g/mol. The van der Waals surface area contributed by atoms with Crippen molar-refractivity contribution in [1.29, 1.82) is 0 Å². The van der Waals surface area contributed by atoms with Crippen LogP contribution in [0.3, 0.4) is 0 Å². The number of H-pyrrole nitrogens is 2. The van der Waals surface area contributed by atoms with Crippen molar-refractivity contribution in [2.75, 3.05) is 62.5 Å². The van der Waals surface area contributed by atoms with Gasteiger partial charge in [0.1, 0.15) is 42.8 Å². The zero-order valence-electron chi connectivity index (χ0n) is 45.7.